The van der Waals surface area contributed by atoms with Crippen LogP contribution in [0.3, 0.4) is 0 Å². The molecular weight excluding hydrogens is 434 g/mol. The monoisotopic (exact) mass is 473 g/mol. The molecule has 188 valence electrons. The van der Waals surface area contributed by atoms with E-state index in [-0.39, 0.29) is 30.1 Å². The van der Waals surface area contributed by atoms with E-state index in [1.54, 1.807) is 4.90 Å². The van der Waals surface area contributed by atoms with E-state index < -0.39 is 11.9 Å². The number of benzene rings is 1. The first-order valence-corrected chi connectivity index (χ1v) is 12.2. The van der Waals surface area contributed by atoms with Crippen molar-refractivity contribution in [3.63, 3.8) is 0 Å². The maximum Gasteiger partial charge on any atom is 0.304 e. The highest BCUT2D eigenvalue weighted by molar-refractivity contribution is 5.85. The lowest BCUT2D eigenvalue weighted by atomic mass is 9.92. The molecule has 0 saturated carbocycles. The molecule has 1 heterocycles. The number of carbonyl (C=O) groups is 3. The number of nitrogens with one attached hydrogen (secondary N) is 1. The van der Waals surface area contributed by atoms with Gasteiger partial charge >= 0.3 is 5.97 Å². The van der Waals surface area contributed by atoms with Gasteiger partial charge in [-0.15, -0.1) is 0 Å². The number of carbonyl (C=O) groups excluding carboxylic acids is 2. The quantitative estimate of drug-likeness (QED) is 0.163. The minimum Gasteiger partial charge on any atom is -0.481 e. The number of nitrogens with two attached hydrogens (primary N) is 2. The van der Waals surface area contributed by atoms with Crippen LogP contribution in [0.25, 0.3) is 0 Å². The Morgan fingerprint density at radius 1 is 1.06 bits per heavy atom. The Bertz CT molecular complexity index is 811. The zero-order chi connectivity index (χ0) is 24.8. The molecular formula is C25H39N5O4. The number of unbranched alkanes of at least 4 members (excludes halogenated alkanes) is 4. The Balaban J connectivity index is 1.70. The van der Waals surface area contributed by atoms with Gasteiger partial charge in [0.15, 0.2) is 5.96 Å². The van der Waals surface area contributed by atoms with Crippen molar-refractivity contribution in [2.24, 2.45) is 28.3 Å². The molecule has 0 bridgehead atoms. The van der Waals surface area contributed by atoms with Gasteiger partial charge in [0.25, 0.3) is 0 Å². The molecule has 1 saturated heterocycles. The van der Waals surface area contributed by atoms with Crippen LogP contribution in [0.15, 0.2) is 35.3 Å². The molecule has 1 aliphatic rings. The van der Waals surface area contributed by atoms with Crippen LogP contribution < -0.4 is 16.8 Å². The second-order valence-electron chi connectivity index (χ2n) is 8.97. The Kier molecular flexibility index (Phi) is 11.9. The predicted molar refractivity (Wildman–Crippen MR) is 132 cm³/mol. The number of carboxylic acids is 1. The van der Waals surface area contributed by atoms with Crippen molar-refractivity contribution in [2.45, 2.75) is 57.8 Å². The van der Waals surface area contributed by atoms with Crippen molar-refractivity contribution in [3.8, 4) is 0 Å². The standard InChI is InChI=1S/C25H39N5O4/c26-25(27)28-14-8-3-1-2-7-13-22(31)29-17-20-18-30(24(34)21(20)16-23(32)33)15-9-12-19-10-5-4-6-11-19/h4-6,10-11,20-21H,1-3,7-9,12-18H2,(H,29,31)(H,32,33)(H4,26,27,28)/t20-,21+/m1/s1. The second-order valence-corrected chi connectivity index (χ2v) is 8.97. The normalized spacial score (nSPS) is 17.5. The molecule has 9 heteroatoms. The Hall–Kier alpha value is -3.10. The molecule has 2 amide bonds. The predicted octanol–water partition coefficient (Wildman–Crippen LogP) is 1.90. The minimum absolute atomic E-state index is 0.0513. The van der Waals surface area contributed by atoms with Gasteiger partial charge in [-0.05, 0) is 31.2 Å². The summed E-state index contributed by atoms with van der Waals surface area (Å²) in [6.07, 6.45) is 6.61. The van der Waals surface area contributed by atoms with Crippen molar-refractivity contribution in [2.75, 3.05) is 26.2 Å². The van der Waals surface area contributed by atoms with E-state index >= 15 is 0 Å². The number of nitrogens with zero attached hydrogens (tertiary/aromatic N) is 2. The summed E-state index contributed by atoms with van der Waals surface area (Å²) >= 11 is 0. The number of rotatable bonds is 16. The van der Waals surface area contributed by atoms with E-state index in [0.29, 0.717) is 32.6 Å². The molecule has 0 radical (unpaired) electrons. The molecule has 1 aromatic rings. The average molecular weight is 474 g/mol. The third kappa shape index (κ3) is 10.2. The van der Waals surface area contributed by atoms with Gasteiger partial charge in [0.1, 0.15) is 0 Å². The fourth-order valence-corrected chi connectivity index (χ4v) is 4.37. The number of carboxylic acid groups (broad SMARTS) is 1. The molecule has 34 heavy (non-hydrogen) atoms. The Morgan fingerprint density at radius 3 is 2.47 bits per heavy atom. The lowest BCUT2D eigenvalue weighted by Crippen LogP contribution is -2.33. The molecule has 0 spiro atoms. The second kappa shape index (κ2) is 14.9. The van der Waals surface area contributed by atoms with Gasteiger partial charge in [-0.3, -0.25) is 19.4 Å². The summed E-state index contributed by atoms with van der Waals surface area (Å²) in [4.78, 5) is 42.1. The van der Waals surface area contributed by atoms with Crippen LogP contribution in [-0.2, 0) is 20.8 Å². The fraction of sp³-hybridized carbons (Fsp3) is 0.600. The van der Waals surface area contributed by atoms with Crippen LogP contribution in [0.4, 0.5) is 0 Å². The highest BCUT2D eigenvalue weighted by atomic mass is 16.4. The highest BCUT2D eigenvalue weighted by Gasteiger charge is 2.41. The summed E-state index contributed by atoms with van der Waals surface area (Å²) in [6.45, 7) is 2.04. The third-order valence-corrected chi connectivity index (χ3v) is 6.20. The largest absolute Gasteiger partial charge is 0.481 e. The van der Waals surface area contributed by atoms with Crippen LogP contribution in [0, 0.1) is 11.8 Å². The maximum atomic E-state index is 12.8. The number of aryl methyl sites for hydroxylation is 1. The lowest BCUT2D eigenvalue weighted by molar-refractivity contribution is -0.142. The van der Waals surface area contributed by atoms with E-state index in [2.05, 4.69) is 22.4 Å². The first kappa shape index (κ1) is 27.1. The lowest BCUT2D eigenvalue weighted by Gasteiger charge is -2.17. The smallest absolute Gasteiger partial charge is 0.304 e. The van der Waals surface area contributed by atoms with E-state index in [0.717, 1.165) is 44.9 Å². The van der Waals surface area contributed by atoms with Crippen LogP contribution in [0.1, 0.15) is 56.9 Å². The SMILES string of the molecule is NC(N)=NCCCCCCCC(=O)NC[C@@H]1CN(CCCc2ccccc2)C(=O)[C@H]1CC(=O)O. The first-order valence-electron chi connectivity index (χ1n) is 12.2. The van der Waals surface area contributed by atoms with E-state index in [4.69, 9.17) is 11.5 Å². The number of hydrogen-bond acceptors (Lipinski definition) is 4. The third-order valence-electron chi connectivity index (χ3n) is 6.20. The summed E-state index contributed by atoms with van der Waals surface area (Å²) in [5.41, 5.74) is 11.8. The van der Waals surface area contributed by atoms with Crippen molar-refractivity contribution in [3.05, 3.63) is 35.9 Å². The minimum atomic E-state index is -0.986. The molecule has 0 aromatic heterocycles. The van der Waals surface area contributed by atoms with Crippen molar-refractivity contribution in [1.82, 2.24) is 10.2 Å². The van der Waals surface area contributed by atoms with Crippen molar-refractivity contribution < 1.29 is 19.5 Å². The first-order chi connectivity index (χ1) is 16.4. The number of aliphatic imine (C=N–C) groups is 1. The van der Waals surface area contributed by atoms with E-state index in [9.17, 15) is 19.5 Å². The van der Waals surface area contributed by atoms with Gasteiger partial charge in [0.2, 0.25) is 11.8 Å². The van der Waals surface area contributed by atoms with Gasteiger partial charge < -0.3 is 26.8 Å². The van der Waals surface area contributed by atoms with Gasteiger partial charge in [0.05, 0.1) is 12.3 Å². The number of likely N-dealkylation sites (tertiary alicyclic amines) is 1. The van der Waals surface area contributed by atoms with Crippen molar-refractivity contribution in [1.29, 1.82) is 0 Å². The summed E-state index contributed by atoms with van der Waals surface area (Å²) in [6, 6.07) is 10.1. The molecule has 1 aromatic carbocycles. The van der Waals surface area contributed by atoms with Crippen LogP contribution in [0.2, 0.25) is 0 Å². The molecule has 2 rings (SSSR count). The molecule has 9 nitrogen and oxygen atoms in total. The van der Waals surface area contributed by atoms with Crippen LogP contribution in [0.5, 0.6) is 0 Å². The van der Waals surface area contributed by atoms with Gasteiger partial charge in [-0.2, -0.15) is 0 Å². The molecule has 1 aliphatic heterocycles. The summed E-state index contributed by atoms with van der Waals surface area (Å²) in [5, 5.41) is 12.2. The fourth-order valence-electron chi connectivity index (χ4n) is 4.37. The topological polar surface area (TPSA) is 151 Å². The van der Waals surface area contributed by atoms with E-state index in [1.807, 2.05) is 18.2 Å². The zero-order valence-electron chi connectivity index (χ0n) is 20.0. The molecule has 1 fully saturated rings. The van der Waals surface area contributed by atoms with E-state index in [1.165, 1.54) is 5.56 Å². The number of hydrogen-bond donors (Lipinski definition) is 4. The Morgan fingerprint density at radius 2 is 1.76 bits per heavy atom. The number of aliphatic carboxylic acids is 1. The van der Waals surface area contributed by atoms with Crippen LogP contribution in [-0.4, -0.2) is 59.9 Å². The average Bonchev–Trinajstić information content (AvgIpc) is 3.08. The van der Waals surface area contributed by atoms with Gasteiger partial charge in [0, 0.05) is 38.5 Å². The summed E-state index contributed by atoms with van der Waals surface area (Å²) < 4.78 is 0. The molecule has 0 aliphatic carbocycles. The van der Waals surface area contributed by atoms with Gasteiger partial charge in [-0.1, -0.05) is 49.6 Å². The highest BCUT2D eigenvalue weighted by Crippen LogP contribution is 2.28. The molecule has 0 unspecified atom stereocenters. The number of guanidine groups is 1. The zero-order valence-corrected chi connectivity index (χ0v) is 20.0. The van der Waals surface area contributed by atoms with Gasteiger partial charge in [-0.25, -0.2) is 0 Å². The molecule has 2 atom stereocenters. The summed E-state index contributed by atoms with van der Waals surface area (Å²) in [7, 11) is 0. The number of amides is 2. The maximum absolute atomic E-state index is 12.8. The van der Waals surface area contributed by atoms with Crippen molar-refractivity contribution >= 4 is 23.7 Å². The summed E-state index contributed by atoms with van der Waals surface area (Å²) in [5.74, 6) is -1.80. The van der Waals surface area contributed by atoms with Crippen LogP contribution >= 0.6 is 0 Å². The molecule has 6 N–H and O–H groups in total. The Labute approximate surface area is 202 Å².